The number of amides is 1. The van der Waals surface area contributed by atoms with E-state index in [0.717, 1.165) is 30.8 Å². The van der Waals surface area contributed by atoms with E-state index < -0.39 is 0 Å². The summed E-state index contributed by atoms with van der Waals surface area (Å²) in [5, 5.41) is 6.25. The zero-order valence-corrected chi connectivity index (χ0v) is 11.8. The van der Waals surface area contributed by atoms with Crippen LogP contribution in [0, 0.1) is 0 Å². The highest BCUT2D eigenvalue weighted by atomic mass is 16.2. The molecule has 0 radical (unpaired) electrons. The van der Waals surface area contributed by atoms with E-state index in [-0.39, 0.29) is 5.91 Å². The van der Waals surface area contributed by atoms with Gasteiger partial charge in [-0.1, -0.05) is 36.8 Å². The van der Waals surface area contributed by atoms with Gasteiger partial charge in [-0.2, -0.15) is 5.10 Å². The monoisotopic (exact) mass is 271 g/mol. The molecular formula is C16H21N3O. The second-order valence-corrected chi connectivity index (χ2v) is 5.53. The molecule has 1 saturated heterocycles. The standard InChI is InChI=1S/C16H21N3O/c20-16-10-9-15(14-7-3-1-4-8-14)17-19(16)13-18-11-5-2-6-12-18/h1,3-4,7-8H,2,5-6,9-13H2. The second kappa shape index (κ2) is 6.18. The van der Waals surface area contributed by atoms with E-state index >= 15 is 0 Å². The first-order valence-electron chi connectivity index (χ1n) is 7.48. The molecule has 1 aromatic rings. The third kappa shape index (κ3) is 3.07. The van der Waals surface area contributed by atoms with E-state index in [1.165, 1.54) is 19.3 Å². The number of nitrogens with zero attached hydrogens (tertiary/aromatic N) is 3. The van der Waals surface area contributed by atoms with Crippen LogP contribution < -0.4 is 0 Å². The molecule has 3 rings (SSSR count). The fourth-order valence-electron chi connectivity index (χ4n) is 2.84. The van der Waals surface area contributed by atoms with Crippen LogP contribution in [0.4, 0.5) is 0 Å². The van der Waals surface area contributed by atoms with Crippen LogP contribution in [0.3, 0.4) is 0 Å². The summed E-state index contributed by atoms with van der Waals surface area (Å²) in [6.45, 7) is 2.81. The lowest BCUT2D eigenvalue weighted by atomic mass is 10.0. The largest absolute Gasteiger partial charge is 0.284 e. The summed E-state index contributed by atoms with van der Waals surface area (Å²) in [5.41, 5.74) is 2.16. The second-order valence-electron chi connectivity index (χ2n) is 5.53. The Kier molecular flexibility index (Phi) is 4.11. The molecule has 0 N–H and O–H groups in total. The molecule has 0 atom stereocenters. The predicted molar refractivity (Wildman–Crippen MR) is 79.4 cm³/mol. The highest BCUT2D eigenvalue weighted by Gasteiger charge is 2.23. The molecule has 0 aromatic heterocycles. The third-order valence-electron chi connectivity index (χ3n) is 3.99. The van der Waals surface area contributed by atoms with Crippen molar-refractivity contribution in [2.45, 2.75) is 32.1 Å². The molecule has 0 unspecified atom stereocenters. The number of hydrazone groups is 1. The van der Waals surface area contributed by atoms with E-state index in [1.54, 1.807) is 5.01 Å². The van der Waals surface area contributed by atoms with Crippen molar-refractivity contribution in [3.05, 3.63) is 35.9 Å². The molecule has 20 heavy (non-hydrogen) atoms. The summed E-state index contributed by atoms with van der Waals surface area (Å²) in [5.74, 6) is 0.148. The summed E-state index contributed by atoms with van der Waals surface area (Å²) < 4.78 is 0. The van der Waals surface area contributed by atoms with Gasteiger partial charge in [-0.25, -0.2) is 5.01 Å². The number of hydrogen-bond donors (Lipinski definition) is 0. The number of piperidine rings is 1. The van der Waals surface area contributed by atoms with Gasteiger partial charge in [0.1, 0.15) is 0 Å². The average Bonchev–Trinajstić information content (AvgIpc) is 2.51. The van der Waals surface area contributed by atoms with Gasteiger partial charge in [0.2, 0.25) is 5.91 Å². The number of likely N-dealkylation sites (tertiary alicyclic amines) is 1. The molecule has 0 aliphatic carbocycles. The molecule has 1 aromatic carbocycles. The highest BCUT2D eigenvalue weighted by Crippen LogP contribution is 2.17. The van der Waals surface area contributed by atoms with Crippen LogP contribution in [0.25, 0.3) is 0 Å². The maximum Gasteiger partial charge on any atom is 0.244 e. The van der Waals surface area contributed by atoms with Crippen molar-refractivity contribution < 1.29 is 4.79 Å². The van der Waals surface area contributed by atoms with Gasteiger partial charge >= 0.3 is 0 Å². The highest BCUT2D eigenvalue weighted by molar-refractivity contribution is 6.04. The van der Waals surface area contributed by atoms with Crippen LogP contribution in [0.15, 0.2) is 35.4 Å². The Labute approximate surface area is 120 Å². The van der Waals surface area contributed by atoms with Crippen molar-refractivity contribution in [3.63, 3.8) is 0 Å². The summed E-state index contributed by atoms with van der Waals surface area (Å²) in [7, 11) is 0. The Morgan fingerprint density at radius 2 is 1.75 bits per heavy atom. The zero-order chi connectivity index (χ0) is 13.8. The lowest BCUT2D eigenvalue weighted by Gasteiger charge is -2.32. The predicted octanol–water partition coefficient (Wildman–Crippen LogP) is 2.46. The fourth-order valence-corrected chi connectivity index (χ4v) is 2.84. The van der Waals surface area contributed by atoms with Crippen LogP contribution in [-0.4, -0.2) is 41.3 Å². The Morgan fingerprint density at radius 3 is 2.50 bits per heavy atom. The molecule has 2 aliphatic rings. The summed E-state index contributed by atoms with van der Waals surface area (Å²) in [6, 6.07) is 10.2. The number of carbonyl (C=O) groups excluding carboxylic acids is 1. The minimum atomic E-state index is 0.148. The minimum Gasteiger partial charge on any atom is -0.284 e. The number of carbonyl (C=O) groups is 1. The van der Waals surface area contributed by atoms with Gasteiger partial charge in [-0.05, 0) is 31.5 Å². The van der Waals surface area contributed by atoms with E-state index in [2.05, 4.69) is 22.1 Å². The lowest BCUT2D eigenvalue weighted by molar-refractivity contribution is -0.134. The summed E-state index contributed by atoms with van der Waals surface area (Å²) in [4.78, 5) is 14.4. The van der Waals surface area contributed by atoms with E-state index in [9.17, 15) is 4.79 Å². The maximum absolute atomic E-state index is 12.0. The molecule has 2 heterocycles. The Bertz CT molecular complexity index is 492. The lowest BCUT2D eigenvalue weighted by Crippen LogP contribution is -2.43. The topological polar surface area (TPSA) is 35.9 Å². The van der Waals surface area contributed by atoms with Crippen LogP contribution in [0.1, 0.15) is 37.7 Å². The molecule has 1 amide bonds. The van der Waals surface area contributed by atoms with Crippen LogP contribution >= 0.6 is 0 Å². The SMILES string of the molecule is O=C1CCC(c2ccccc2)=NN1CN1CCCCC1. The summed E-state index contributed by atoms with van der Waals surface area (Å²) in [6.07, 6.45) is 5.10. The van der Waals surface area contributed by atoms with Gasteiger partial charge in [0.05, 0.1) is 12.4 Å². The van der Waals surface area contributed by atoms with Crippen LogP contribution in [0.5, 0.6) is 0 Å². The molecule has 2 aliphatic heterocycles. The first-order valence-corrected chi connectivity index (χ1v) is 7.48. The van der Waals surface area contributed by atoms with Gasteiger partial charge in [-0.15, -0.1) is 0 Å². The molecule has 1 fully saturated rings. The Morgan fingerprint density at radius 1 is 1.00 bits per heavy atom. The number of benzene rings is 1. The van der Waals surface area contributed by atoms with Crippen molar-refractivity contribution in [2.75, 3.05) is 19.8 Å². The smallest absolute Gasteiger partial charge is 0.244 e. The van der Waals surface area contributed by atoms with E-state index in [1.807, 2.05) is 18.2 Å². The molecule has 4 heteroatoms. The van der Waals surface area contributed by atoms with Crippen molar-refractivity contribution in [3.8, 4) is 0 Å². The first-order chi connectivity index (χ1) is 9.83. The first kappa shape index (κ1) is 13.3. The minimum absolute atomic E-state index is 0.148. The number of hydrogen-bond acceptors (Lipinski definition) is 3. The molecule has 106 valence electrons. The van der Waals surface area contributed by atoms with Crippen LogP contribution in [-0.2, 0) is 4.79 Å². The fraction of sp³-hybridized carbons (Fsp3) is 0.500. The van der Waals surface area contributed by atoms with Gasteiger partial charge in [0.15, 0.2) is 0 Å². The quantitative estimate of drug-likeness (QED) is 0.846. The molecular weight excluding hydrogens is 250 g/mol. The molecule has 0 spiro atoms. The molecule has 4 nitrogen and oxygen atoms in total. The maximum atomic E-state index is 12.0. The zero-order valence-electron chi connectivity index (χ0n) is 11.8. The van der Waals surface area contributed by atoms with Crippen molar-refractivity contribution >= 4 is 11.6 Å². The van der Waals surface area contributed by atoms with Gasteiger partial charge in [0, 0.05) is 12.8 Å². The van der Waals surface area contributed by atoms with Crippen molar-refractivity contribution in [1.29, 1.82) is 0 Å². The third-order valence-corrected chi connectivity index (χ3v) is 3.99. The van der Waals surface area contributed by atoms with Crippen LogP contribution in [0.2, 0.25) is 0 Å². The van der Waals surface area contributed by atoms with Crippen molar-refractivity contribution in [1.82, 2.24) is 9.91 Å². The Balaban J connectivity index is 1.73. The Hall–Kier alpha value is -1.68. The average molecular weight is 271 g/mol. The van der Waals surface area contributed by atoms with Crippen molar-refractivity contribution in [2.24, 2.45) is 5.10 Å². The van der Waals surface area contributed by atoms with E-state index in [0.29, 0.717) is 13.1 Å². The van der Waals surface area contributed by atoms with Gasteiger partial charge < -0.3 is 0 Å². The molecule has 0 bridgehead atoms. The summed E-state index contributed by atoms with van der Waals surface area (Å²) >= 11 is 0. The van der Waals surface area contributed by atoms with E-state index in [4.69, 9.17) is 0 Å². The normalized spacial score (nSPS) is 20.9. The van der Waals surface area contributed by atoms with Gasteiger partial charge in [0.25, 0.3) is 0 Å². The molecule has 0 saturated carbocycles. The number of rotatable bonds is 3. The van der Waals surface area contributed by atoms with Gasteiger partial charge in [-0.3, -0.25) is 9.69 Å².